The lowest BCUT2D eigenvalue weighted by molar-refractivity contribution is 0.507. The minimum absolute atomic E-state index is 0.295. The van der Waals surface area contributed by atoms with Gasteiger partial charge in [-0.1, -0.05) is 18.2 Å². The normalized spacial score (nSPS) is 11.0. The average molecular weight is 285 g/mol. The largest absolute Gasteiger partial charge is 0.469 e. The minimum Gasteiger partial charge on any atom is -0.469 e. The highest BCUT2D eigenvalue weighted by molar-refractivity contribution is 5.77. The summed E-state index contributed by atoms with van der Waals surface area (Å²) < 4.78 is 21.0. The van der Waals surface area contributed by atoms with Crippen LogP contribution in [0.15, 0.2) is 47.1 Å². The van der Waals surface area contributed by atoms with Gasteiger partial charge in [-0.25, -0.2) is 4.39 Å². The first-order valence-corrected chi connectivity index (χ1v) is 6.75. The number of aryl methyl sites for hydroxylation is 3. The van der Waals surface area contributed by atoms with Gasteiger partial charge >= 0.3 is 0 Å². The number of nitrogens with two attached hydrogens (primary N) is 1. The molecule has 4 nitrogen and oxygen atoms in total. The summed E-state index contributed by atoms with van der Waals surface area (Å²) >= 11 is 0. The van der Waals surface area contributed by atoms with Crippen molar-refractivity contribution in [2.45, 2.75) is 12.8 Å². The van der Waals surface area contributed by atoms with E-state index < -0.39 is 0 Å². The van der Waals surface area contributed by atoms with Crippen LogP contribution in [0.4, 0.5) is 10.2 Å². The Hall–Kier alpha value is -2.56. The fourth-order valence-electron chi connectivity index (χ4n) is 2.42. The van der Waals surface area contributed by atoms with Crippen molar-refractivity contribution in [1.29, 1.82) is 0 Å². The summed E-state index contributed by atoms with van der Waals surface area (Å²) in [6.07, 6.45) is 2.98. The summed E-state index contributed by atoms with van der Waals surface area (Å²) in [7, 11) is 1.76. The van der Waals surface area contributed by atoms with Crippen LogP contribution in [0.2, 0.25) is 0 Å². The Labute approximate surface area is 122 Å². The third-order valence-corrected chi connectivity index (χ3v) is 3.50. The molecular formula is C16H16FN3O. The van der Waals surface area contributed by atoms with E-state index in [1.165, 1.54) is 6.07 Å². The van der Waals surface area contributed by atoms with E-state index >= 15 is 0 Å². The molecular weight excluding hydrogens is 269 g/mol. The zero-order valence-electron chi connectivity index (χ0n) is 11.7. The lowest BCUT2D eigenvalue weighted by Gasteiger charge is -2.05. The van der Waals surface area contributed by atoms with Gasteiger partial charge in [0.1, 0.15) is 17.4 Å². The van der Waals surface area contributed by atoms with Gasteiger partial charge in [0.2, 0.25) is 0 Å². The van der Waals surface area contributed by atoms with E-state index in [0.29, 0.717) is 29.8 Å². The Morgan fingerprint density at radius 1 is 1.19 bits per heavy atom. The van der Waals surface area contributed by atoms with E-state index in [0.717, 1.165) is 11.5 Å². The summed E-state index contributed by atoms with van der Waals surface area (Å²) in [6.45, 7) is 0. The lowest BCUT2D eigenvalue weighted by atomic mass is 10.0. The number of halogens is 1. The highest BCUT2D eigenvalue weighted by Crippen LogP contribution is 2.32. The van der Waals surface area contributed by atoms with Crippen LogP contribution in [-0.4, -0.2) is 9.78 Å². The van der Waals surface area contributed by atoms with Crippen LogP contribution < -0.4 is 5.73 Å². The predicted molar refractivity (Wildman–Crippen MR) is 79.1 cm³/mol. The molecule has 21 heavy (non-hydrogen) atoms. The van der Waals surface area contributed by atoms with Gasteiger partial charge in [-0.05, 0) is 24.6 Å². The first kappa shape index (κ1) is 13.4. The number of aromatic nitrogens is 2. The second-order valence-electron chi connectivity index (χ2n) is 4.89. The predicted octanol–water partition coefficient (Wildman–Crippen LogP) is 3.19. The molecule has 0 unspecified atom stereocenters. The molecule has 0 radical (unpaired) electrons. The van der Waals surface area contributed by atoms with Gasteiger partial charge in [-0.15, -0.1) is 0 Å². The van der Waals surface area contributed by atoms with Crippen molar-refractivity contribution in [2.24, 2.45) is 7.05 Å². The number of rotatable bonds is 4. The number of benzene rings is 1. The third kappa shape index (κ3) is 2.54. The molecule has 0 atom stereocenters. The summed E-state index contributed by atoms with van der Waals surface area (Å²) in [6, 6.07) is 10.4. The molecule has 1 aromatic carbocycles. The molecule has 108 valence electrons. The summed E-state index contributed by atoms with van der Waals surface area (Å²) in [4.78, 5) is 0. The molecule has 2 aromatic heterocycles. The Bertz CT molecular complexity index is 747. The third-order valence-electron chi connectivity index (χ3n) is 3.50. The minimum atomic E-state index is -0.295. The molecule has 3 rings (SSSR count). The maximum atomic E-state index is 14.0. The van der Waals surface area contributed by atoms with Gasteiger partial charge in [0.05, 0.1) is 12.0 Å². The quantitative estimate of drug-likeness (QED) is 0.801. The van der Waals surface area contributed by atoms with Crippen LogP contribution in [-0.2, 0) is 19.9 Å². The van der Waals surface area contributed by atoms with Crippen molar-refractivity contribution in [3.8, 4) is 11.1 Å². The van der Waals surface area contributed by atoms with Gasteiger partial charge in [-0.2, -0.15) is 5.10 Å². The molecule has 0 aliphatic heterocycles. The Morgan fingerprint density at radius 2 is 2.00 bits per heavy atom. The molecule has 0 fully saturated rings. The average Bonchev–Trinajstić information content (AvgIpc) is 3.08. The highest BCUT2D eigenvalue weighted by Gasteiger charge is 2.18. The van der Waals surface area contributed by atoms with E-state index in [9.17, 15) is 4.39 Å². The highest BCUT2D eigenvalue weighted by atomic mass is 19.1. The van der Waals surface area contributed by atoms with Crippen molar-refractivity contribution in [3.63, 3.8) is 0 Å². The maximum Gasteiger partial charge on any atom is 0.131 e. The second-order valence-corrected chi connectivity index (χ2v) is 4.89. The monoisotopic (exact) mass is 285 g/mol. The zero-order chi connectivity index (χ0) is 14.8. The fraction of sp³-hybridized carbons (Fsp3) is 0.188. The number of nitrogen functional groups attached to an aromatic ring is 1. The molecule has 2 N–H and O–H groups in total. The van der Waals surface area contributed by atoms with Crippen LogP contribution in [0.3, 0.4) is 0 Å². The van der Waals surface area contributed by atoms with Crippen LogP contribution >= 0.6 is 0 Å². The van der Waals surface area contributed by atoms with Gasteiger partial charge in [0.15, 0.2) is 0 Å². The van der Waals surface area contributed by atoms with E-state index in [1.807, 2.05) is 12.1 Å². The van der Waals surface area contributed by atoms with Gasteiger partial charge in [0.25, 0.3) is 0 Å². The maximum absolute atomic E-state index is 14.0. The first-order valence-electron chi connectivity index (χ1n) is 6.75. The lowest BCUT2D eigenvalue weighted by Crippen LogP contribution is -1.98. The topological polar surface area (TPSA) is 57.0 Å². The number of hydrogen-bond donors (Lipinski definition) is 1. The van der Waals surface area contributed by atoms with Crippen molar-refractivity contribution < 1.29 is 8.81 Å². The summed E-state index contributed by atoms with van der Waals surface area (Å²) in [5.41, 5.74) is 7.99. The van der Waals surface area contributed by atoms with E-state index in [4.69, 9.17) is 10.2 Å². The second kappa shape index (κ2) is 5.44. The van der Waals surface area contributed by atoms with Crippen LogP contribution in [0, 0.1) is 5.82 Å². The van der Waals surface area contributed by atoms with Crippen molar-refractivity contribution in [3.05, 3.63) is 59.9 Å². The molecule has 0 aliphatic rings. The Kier molecular flexibility index (Phi) is 3.48. The molecule has 0 saturated carbocycles. The SMILES string of the molecule is Cn1nc(CCc2ccco2)c(-c2ccccc2F)c1N. The van der Waals surface area contributed by atoms with Gasteiger partial charge in [0, 0.05) is 24.6 Å². The van der Waals surface area contributed by atoms with E-state index in [2.05, 4.69) is 5.10 Å². The number of nitrogens with zero attached hydrogens (tertiary/aromatic N) is 2. The Balaban J connectivity index is 1.98. The summed E-state index contributed by atoms with van der Waals surface area (Å²) in [5.74, 6) is 1.05. The molecule has 0 aliphatic carbocycles. The summed E-state index contributed by atoms with van der Waals surface area (Å²) in [5, 5.41) is 4.41. The standard InChI is InChI=1S/C16H16FN3O/c1-20-16(18)15(12-6-2-3-7-13(12)17)14(19-20)9-8-11-5-4-10-21-11/h2-7,10H,8-9,18H2,1H3. The van der Waals surface area contributed by atoms with Crippen molar-refractivity contribution in [2.75, 3.05) is 5.73 Å². The van der Waals surface area contributed by atoms with Crippen molar-refractivity contribution in [1.82, 2.24) is 9.78 Å². The number of hydrogen-bond acceptors (Lipinski definition) is 3. The molecule has 0 spiro atoms. The van der Waals surface area contributed by atoms with Crippen molar-refractivity contribution >= 4 is 5.82 Å². The van der Waals surface area contributed by atoms with Crippen LogP contribution in [0.1, 0.15) is 11.5 Å². The van der Waals surface area contributed by atoms with Crippen LogP contribution in [0.25, 0.3) is 11.1 Å². The molecule has 0 saturated heterocycles. The number of anilines is 1. The molecule has 3 aromatic rings. The zero-order valence-corrected chi connectivity index (χ0v) is 11.7. The first-order chi connectivity index (χ1) is 10.2. The molecule has 5 heteroatoms. The fourth-order valence-corrected chi connectivity index (χ4v) is 2.42. The Morgan fingerprint density at radius 3 is 2.71 bits per heavy atom. The van der Waals surface area contributed by atoms with Crippen LogP contribution in [0.5, 0.6) is 0 Å². The number of furan rings is 1. The van der Waals surface area contributed by atoms with E-state index in [1.54, 1.807) is 36.2 Å². The molecule has 0 bridgehead atoms. The van der Waals surface area contributed by atoms with E-state index in [-0.39, 0.29) is 5.82 Å². The smallest absolute Gasteiger partial charge is 0.131 e. The molecule has 2 heterocycles. The molecule has 0 amide bonds. The van der Waals surface area contributed by atoms with Gasteiger partial charge in [-0.3, -0.25) is 4.68 Å². The van der Waals surface area contributed by atoms with Gasteiger partial charge < -0.3 is 10.2 Å².